The fourth-order valence-corrected chi connectivity index (χ4v) is 2.14. The molecule has 0 spiro atoms. The van der Waals surface area contributed by atoms with Gasteiger partial charge in [0.25, 0.3) is 0 Å². The predicted molar refractivity (Wildman–Crippen MR) is 78.1 cm³/mol. The van der Waals surface area contributed by atoms with E-state index in [4.69, 9.17) is 4.42 Å². The van der Waals surface area contributed by atoms with Crippen LogP contribution in [0.3, 0.4) is 0 Å². The van der Waals surface area contributed by atoms with Crippen LogP contribution in [0.4, 0.5) is 0 Å². The molecule has 0 N–H and O–H groups in total. The maximum atomic E-state index is 5.90. The molecular formula is C18H16O. The van der Waals surface area contributed by atoms with Gasteiger partial charge < -0.3 is 4.42 Å². The quantitative estimate of drug-likeness (QED) is 0.646. The summed E-state index contributed by atoms with van der Waals surface area (Å²) in [4.78, 5) is 0. The fraction of sp³-hybridized carbons (Fsp3) is 0.111. The summed E-state index contributed by atoms with van der Waals surface area (Å²) < 4.78 is 5.90. The Kier molecular flexibility index (Phi) is 3.20. The van der Waals surface area contributed by atoms with Gasteiger partial charge in [0.05, 0.1) is 0 Å². The Labute approximate surface area is 113 Å². The SMILES string of the molecule is Cc1ccc(Cc2ccc(-c3ccccc3)o2)cc1. The van der Waals surface area contributed by atoms with E-state index in [-0.39, 0.29) is 0 Å². The van der Waals surface area contributed by atoms with E-state index < -0.39 is 0 Å². The van der Waals surface area contributed by atoms with Crippen molar-refractivity contribution < 1.29 is 4.42 Å². The average molecular weight is 248 g/mol. The van der Waals surface area contributed by atoms with Crippen LogP contribution in [0.1, 0.15) is 16.9 Å². The molecule has 0 saturated heterocycles. The van der Waals surface area contributed by atoms with E-state index in [9.17, 15) is 0 Å². The smallest absolute Gasteiger partial charge is 0.134 e. The summed E-state index contributed by atoms with van der Waals surface area (Å²) in [5, 5.41) is 0. The van der Waals surface area contributed by atoms with Crippen LogP contribution < -0.4 is 0 Å². The first-order chi connectivity index (χ1) is 9.31. The lowest BCUT2D eigenvalue weighted by Gasteiger charge is -2.00. The van der Waals surface area contributed by atoms with Crippen LogP contribution in [0.15, 0.2) is 71.1 Å². The minimum Gasteiger partial charge on any atom is -0.461 e. The second-order valence-corrected chi connectivity index (χ2v) is 4.79. The van der Waals surface area contributed by atoms with Crippen molar-refractivity contribution >= 4 is 0 Å². The molecule has 0 radical (unpaired) electrons. The molecule has 3 rings (SSSR count). The van der Waals surface area contributed by atoms with Gasteiger partial charge in [0, 0.05) is 12.0 Å². The van der Waals surface area contributed by atoms with Crippen molar-refractivity contribution in [3.05, 3.63) is 83.6 Å². The van der Waals surface area contributed by atoms with E-state index in [1.54, 1.807) is 0 Å². The third-order valence-corrected chi connectivity index (χ3v) is 3.22. The first-order valence-electron chi connectivity index (χ1n) is 6.51. The van der Waals surface area contributed by atoms with Gasteiger partial charge >= 0.3 is 0 Å². The molecule has 0 amide bonds. The van der Waals surface area contributed by atoms with Crippen LogP contribution in [0, 0.1) is 6.92 Å². The van der Waals surface area contributed by atoms with E-state index in [0.717, 1.165) is 23.5 Å². The highest BCUT2D eigenvalue weighted by Gasteiger charge is 2.05. The summed E-state index contributed by atoms with van der Waals surface area (Å²) in [6.45, 7) is 2.10. The van der Waals surface area contributed by atoms with Gasteiger partial charge in [0.1, 0.15) is 11.5 Å². The highest BCUT2D eigenvalue weighted by atomic mass is 16.3. The zero-order chi connectivity index (χ0) is 13.1. The Balaban J connectivity index is 1.80. The van der Waals surface area contributed by atoms with Gasteiger partial charge in [-0.05, 0) is 24.6 Å². The van der Waals surface area contributed by atoms with Gasteiger partial charge in [0.15, 0.2) is 0 Å². The normalized spacial score (nSPS) is 10.6. The monoisotopic (exact) mass is 248 g/mol. The van der Waals surface area contributed by atoms with Crippen LogP contribution in [0.2, 0.25) is 0 Å². The Hall–Kier alpha value is -2.28. The van der Waals surface area contributed by atoms with E-state index in [0.29, 0.717) is 0 Å². The van der Waals surface area contributed by atoms with E-state index in [1.807, 2.05) is 24.3 Å². The lowest BCUT2D eigenvalue weighted by Crippen LogP contribution is -1.85. The third kappa shape index (κ3) is 2.76. The Morgan fingerprint density at radius 1 is 0.789 bits per heavy atom. The number of aryl methyl sites for hydroxylation is 1. The molecule has 0 fully saturated rings. The molecule has 0 aliphatic heterocycles. The second-order valence-electron chi connectivity index (χ2n) is 4.79. The van der Waals surface area contributed by atoms with Gasteiger partial charge in [-0.25, -0.2) is 0 Å². The van der Waals surface area contributed by atoms with Crippen molar-refractivity contribution in [3.63, 3.8) is 0 Å². The molecule has 0 aliphatic carbocycles. The molecule has 94 valence electrons. The molecule has 0 atom stereocenters. The maximum Gasteiger partial charge on any atom is 0.134 e. The molecule has 2 aromatic carbocycles. The van der Waals surface area contributed by atoms with Crippen LogP contribution in [0.25, 0.3) is 11.3 Å². The van der Waals surface area contributed by atoms with Crippen molar-refractivity contribution in [2.45, 2.75) is 13.3 Å². The number of hydrogen-bond donors (Lipinski definition) is 0. The predicted octanol–water partition coefficient (Wildman–Crippen LogP) is 4.85. The van der Waals surface area contributed by atoms with E-state index in [1.165, 1.54) is 11.1 Å². The minimum atomic E-state index is 0.840. The van der Waals surface area contributed by atoms with Crippen LogP contribution in [-0.2, 0) is 6.42 Å². The summed E-state index contributed by atoms with van der Waals surface area (Å²) >= 11 is 0. The van der Waals surface area contributed by atoms with Crippen molar-refractivity contribution in [3.8, 4) is 11.3 Å². The minimum absolute atomic E-state index is 0.840. The van der Waals surface area contributed by atoms with Crippen molar-refractivity contribution in [2.24, 2.45) is 0 Å². The Bertz CT molecular complexity index is 648. The summed E-state index contributed by atoms with van der Waals surface area (Å²) in [6.07, 6.45) is 0.840. The molecule has 19 heavy (non-hydrogen) atoms. The standard InChI is InChI=1S/C18H16O/c1-14-7-9-15(10-8-14)13-17-11-12-18(19-17)16-5-3-2-4-6-16/h2-12H,13H2,1H3. The first-order valence-corrected chi connectivity index (χ1v) is 6.51. The summed E-state index contributed by atoms with van der Waals surface area (Å²) in [7, 11) is 0. The maximum absolute atomic E-state index is 5.90. The van der Waals surface area contributed by atoms with Crippen molar-refractivity contribution in [2.75, 3.05) is 0 Å². The lowest BCUT2D eigenvalue weighted by molar-refractivity contribution is 0.534. The molecule has 0 unspecified atom stereocenters. The first kappa shape index (κ1) is 11.8. The number of hydrogen-bond acceptors (Lipinski definition) is 1. The Morgan fingerprint density at radius 2 is 1.53 bits per heavy atom. The average Bonchev–Trinajstić information content (AvgIpc) is 2.91. The highest BCUT2D eigenvalue weighted by molar-refractivity contribution is 5.57. The molecule has 1 aromatic heterocycles. The van der Waals surface area contributed by atoms with Gasteiger partial charge in [-0.15, -0.1) is 0 Å². The van der Waals surface area contributed by atoms with Gasteiger partial charge in [-0.1, -0.05) is 60.2 Å². The molecule has 0 saturated carbocycles. The van der Waals surface area contributed by atoms with Crippen LogP contribution >= 0.6 is 0 Å². The summed E-state index contributed by atoms with van der Waals surface area (Å²) in [5.74, 6) is 1.94. The fourth-order valence-electron chi connectivity index (χ4n) is 2.14. The molecular weight excluding hydrogens is 232 g/mol. The largest absolute Gasteiger partial charge is 0.461 e. The zero-order valence-electron chi connectivity index (χ0n) is 11.0. The lowest BCUT2D eigenvalue weighted by atomic mass is 10.1. The summed E-state index contributed by atoms with van der Waals surface area (Å²) in [5.41, 5.74) is 3.69. The molecule has 0 aliphatic rings. The second kappa shape index (κ2) is 5.15. The van der Waals surface area contributed by atoms with Crippen LogP contribution in [0.5, 0.6) is 0 Å². The van der Waals surface area contributed by atoms with Gasteiger partial charge in [-0.3, -0.25) is 0 Å². The van der Waals surface area contributed by atoms with E-state index >= 15 is 0 Å². The topological polar surface area (TPSA) is 13.1 Å². The zero-order valence-corrected chi connectivity index (χ0v) is 11.0. The third-order valence-electron chi connectivity index (χ3n) is 3.22. The number of rotatable bonds is 3. The van der Waals surface area contributed by atoms with Gasteiger partial charge in [-0.2, -0.15) is 0 Å². The van der Waals surface area contributed by atoms with E-state index in [2.05, 4.69) is 49.4 Å². The molecule has 1 heterocycles. The van der Waals surface area contributed by atoms with Crippen molar-refractivity contribution in [1.29, 1.82) is 0 Å². The molecule has 3 aromatic rings. The summed E-state index contributed by atoms with van der Waals surface area (Å²) in [6, 6.07) is 22.9. The van der Waals surface area contributed by atoms with Crippen molar-refractivity contribution in [1.82, 2.24) is 0 Å². The number of furan rings is 1. The highest BCUT2D eigenvalue weighted by Crippen LogP contribution is 2.23. The molecule has 1 nitrogen and oxygen atoms in total. The number of benzene rings is 2. The Morgan fingerprint density at radius 3 is 2.26 bits per heavy atom. The molecule has 0 bridgehead atoms. The molecule has 1 heteroatoms. The van der Waals surface area contributed by atoms with Crippen LogP contribution in [-0.4, -0.2) is 0 Å². The van der Waals surface area contributed by atoms with Gasteiger partial charge in [0.2, 0.25) is 0 Å².